The molecule has 1 atom stereocenters. The molecular weight excluding hydrogens is 303 g/mol. The van der Waals surface area contributed by atoms with Gasteiger partial charge in [-0.15, -0.1) is 0 Å². The van der Waals surface area contributed by atoms with Crippen molar-refractivity contribution in [2.75, 3.05) is 12.3 Å². The van der Waals surface area contributed by atoms with Crippen LogP contribution < -0.4 is 11.1 Å². The van der Waals surface area contributed by atoms with Crippen LogP contribution in [0, 0.1) is 0 Å². The van der Waals surface area contributed by atoms with Crippen molar-refractivity contribution >= 4 is 28.9 Å². The van der Waals surface area contributed by atoms with Crippen LogP contribution in [0.3, 0.4) is 0 Å². The summed E-state index contributed by atoms with van der Waals surface area (Å²) in [5.74, 6) is 0. The van der Waals surface area contributed by atoms with Gasteiger partial charge in [-0.05, 0) is 66.8 Å². The Balaban J connectivity index is 1.60. The minimum atomic E-state index is 0.423. The first-order valence-corrected chi connectivity index (χ1v) is 7.94. The predicted octanol–water partition coefficient (Wildman–Crippen LogP) is 4.40. The Labute approximate surface area is 135 Å². The van der Waals surface area contributed by atoms with Crippen LogP contribution >= 0.6 is 23.2 Å². The first-order valence-electron chi connectivity index (χ1n) is 7.19. The molecule has 0 saturated heterocycles. The maximum Gasteiger partial charge on any atom is 0.0453 e. The van der Waals surface area contributed by atoms with Gasteiger partial charge in [0, 0.05) is 21.8 Å². The van der Waals surface area contributed by atoms with Crippen LogP contribution in [-0.2, 0) is 12.8 Å². The molecule has 0 spiro atoms. The van der Waals surface area contributed by atoms with E-state index in [1.807, 2.05) is 18.2 Å². The molecule has 0 radical (unpaired) electrons. The number of hydrogen-bond acceptors (Lipinski definition) is 2. The number of hydrogen-bond donors (Lipinski definition) is 2. The molecule has 3 rings (SSSR count). The van der Waals surface area contributed by atoms with Crippen LogP contribution in [0.4, 0.5) is 5.69 Å². The molecule has 3 N–H and O–H groups in total. The van der Waals surface area contributed by atoms with Crippen molar-refractivity contribution in [3.63, 3.8) is 0 Å². The minimum absolute atomic E-state index is 0.423. The first kappa shape index (κ1) is 14.7. The van der Waals surface area contributed by atoms with Gasteiger partial charge in [0.1, 0.15) is 0 Å². The molecule has 0 bridgehead atoms. The predicted molar refractivity (Wildman–Crippen MR) is 90.1 cm³/mol. The Morgan fingerprint density at radius 1 is 1.14 bits per heavy atom. The molecule has 0 aromatic heterocycles. The Hall–Kier alpha value is -1.22. The molecule has 0 amide bonds. The number of rotatable bonds is 4. The fraction of sp³-hybridized carbons (Fsp3) is 0.294. The van der Waals surface area contributed by atoms with E-state index < -0.39 is 0 Å². The molecular formula is C17H18Cl2N2. The molecule has 0 heterocycles. The number of anilines is 1. The summed E-state index contributed by atoms with van der Waals surface area (Å²) in [5, 5.41) is 5.03. The number of benzene rings is 2. The summed E-state index contributed by atoms with van der Waals surface area (Å²) in [6.45, 7) is 0.899. The van der Waals surface area contributed by atoms with Gasteiger partial charge in [-0.1, -0.05) is 35.3 Å². The zero-order chi connectivity index (χ0) is 14.8. The maximum absolute atomic E-state index is 6.20. The number of nitrogens with one attached hydrogen (secondary N) is 1. The molecule has 4 heteroatoms. The fourth-order valence-electron chi connectivity index (χ4n) is 2.95. The Morgan fingerprint density at radius 3 is 2.81 bits per heavy atom. The highest BCUT2D eigenvalue weighted by atomic mass is 35.5. The average molecular weight is 321 g/mol. The number of fused-ring (bicyclic) bond motifs is 1. The van der Waals surface area contributed by atoms with Crippen LogP contribution in [0.5, 0.6) is 0 Å². The number of halogens is 2. The second-order valence-electron chi connectivity index (χ2n) is 5.49. The standard InChI is InChI=1S/C17H18Cl2N2/c18-13-3-1-11(16(19)10-13)7-8-21-17-6-2-12-9-14(20)4-5-15(12)17/h1,3-5,9-10,17,21H,2,6-8,20H2. The van der Waals surface area contributed by atoms with Gasteiger partial charge in [0.25, 0.3) is 0 Å². The van der Waals surface area contributed by atoms with Gasteiger partial charge in [-0.3, -0.25) is 0 Å². The number of nitrogens with two attached hydrogens (primary N) is 1. The molecule has 21 heavy (non-hydrogen) atoms. The van der Waals surface area contributed by atoms with Gasteiger partial charge in [0.15, 0.2) is 0 Å². The molecule has 1 aliphatic carbocycles. The average Bonchev–Trinajstić information content (AvgIpc) is 2.83. The molecule has 0 saturated carbocycles. The number of nitrogen functional groups attached to an aromatic ring is 1. The lowest BCUT2D eigenvalue weighted by Gasteiger charge is -2.14. The summed E-state index contributed by atoms with van der Waals surface area (Å²) in [6.07, 6.45) is 3.13. The van der Waals surface area contributed by atoms with Gasteiger partial charge < -0.3 is 11.1 Å². The normalized spacial score (nSPS) is 17.0. The van der Waals surface area contributed by atoms with Crippen LogP contribution in [0.2, 0.25) is 10.0 Å². The van der Waals surface area contributed by atoms with Crippen molar-refractivity contribution in [1.82, 2.24) is 5.32 Å². The van der Waals surface area contributed by atoms with E-state index in [2.05, 4.69) is 17.4 Å². The van der Waals surface area contributed by atoms with Crippen molar-refractivity contribution in [3.05, 3.63) is 63.1 Å². The van der Waals surface area contributed by atoms with E-state index in [0.717, 1.165) is 42.1 Å². The SMILES string of the molecule is Nc1ccc2c(c1)CCC2NCCc1ccc(Cl)cc1Cl. The molecule has 2 aromatic rings. The first-order chi connectivity index (χ1) is 10.1. The smallest absolute Gasteiger partial charge is 0.0453 e. The van der Waals surface area contributed by atoms with Crippen molar-refractivity contribution in [3.8, 4) is 0 Å². The largest absolute Gasteiger partial charge is 0.399 e. The van der Waals surface area contributed by atoms with Crippen molar-refractivity contribution in [1.29, 1.82) is 0 Å². The minimum Gasteiger partial charge on any atom is -0.399 e. The van der Waals surface area contributed by atoms with Gasteiger partial charge >= 0.3 is 0 Å². The summed E-state index contributed by atoms with van der Waals surface area (Å²) in [5.41, 5.74) is 10.6. The van der Waals surface area contributed by atoms with Gasteiger partial charge in [0.05, 0.1) is 0 Å². The highest BCUT2D eigenvalue weighted by molar-refractivity contribution is 6.35. The van der Waals surface area contributed by atoms with Crippen molar-refractivity contribution < 1.29 is 0 Å². The topological polar surface area (TPSA) is 38.0 Å². The van der Waals surface area contributed by atoms with Crippen molar-refractivity contribution in [2.45, 2.75) is 25.3 Å². The van der Waals surface area contributed by atoms with E-state index in [4.69, 9.17) is 28.9 Å². The third-order valence-electron chi connectivity index (χ3n) is 4.04. The molecule has 1 unspecified atom stereocenters. The zero-order valence-electron chi connectivity index (χ0n) is 11.7. The van der Waals surface area contributed by atoms with Gasteiger partial charge in [-0.25, -0.2) is 0 Å². The highest BCUT2D eigenvalue weighted by Gasteiger charge is 2.21. The van der Waals surface area contributed by atoms with Crippen molar-refractivity contribution in [2.24, 2.45) is 0 Å². The van der Waals surface area contributed by atoms with E-state index in [9.17, 15) is 0 Å². The molecule has 0 aliphatic heterocycles. The third kappa shape index (κ3) is 3.34. The summed E-state index contributed by atoms with van der Waals surface area (Å²) in [7, 11) is 0. The van der Waals surface area contributed by atoms with Gasteiger partial charge in [0.2, 0.25) is 0 Å². The third-order valence-corrected chi connectivity index (χ3v) is 4.63. The highest BCUT2D eigenvalue weighted by Crippen LogP contribution is 2.32. The van der Waals surface area contributed by atoms with E-state index in [1.165, 1.54) is 11.1 Å². The zero-order valence-corrected chi connectivity index (χ0v) is 13.2. The summed E-state index contributed by atoms with van der Waals surface area (Å²) < 4.78 is 0. The summed E-state index contributed by atoms with van der Waals surface area (Å²) >= 11 is 12.1. The molecule has 110 valence electrons. The van der Waals surface area contributed by atoms with Crippen LogP contribution in [0.1, 0.15) is 29.2 Å². The van der Waals surface area contributed by atoms with Gasteiger partial charge in [-0.2, -0.15) is 0 Å². The second-order valence-corrected chi connectivity index (χ2v) is 6.33. The Bertz CT molecular complexity index is 655. The fourth-order valence-corrected chi connectivity index (χ4v) is 3.46. The quantitative estimate of drug-likeness (QED) is 0.819. The maximum atomic E-state index is 6.20. The van der Waals surface area contributed by atoms with E-state index in [-0.39, 0.29) is 0 Å². The molecule has 2 aromatic carbocycles. The summed E-state index contributed by atoms with van der Waals surface area (Å²) in [6, 6.07) is 12.3. The van der Waals surface area contributed by atoms with Crippen LogP contribution in [0.15, 0.2) is 36.4 Å². The summed E-state index contributed by atoms with van der Waals surface area (Å²) in [4.78, 5) is 0. The lowest BCUT2D eigenvalue weighted by Crippen LogP contribution is -2.22. The lowest BCUT2D eigenvalue weighted by atomic mass is 10.1. The Morgan fingerprint density at radius 2 is 2.00 bits per heavy atom. The van der Waals surface area contributed by atoms with Crippen LogP contribution in [-0.4, -0.2) is 6.54 Å². The van der Waals surface area contributed by atoms with E-state index in [1.54, 1.807) is 6.07 Å². The molecule has 1 aliphatic rings. The molecule has 0 fully saturated rings. The lowest BCUT2D eigenvalue weighted by molar-refractivity contribution is 0.534. The van der Waals surface area contributed by atoms with E-state index in [0.29, 0.717) is 11.1 Å². The Kier molecular flexibility index (Phi) is 4.39. The number of aryl methyl sites for hydroxylation is 1. The van der Waals surface area contributed by atoms with Crippen LogP contribution in [0.25, 0.3) is 0 Å². The van der Waals surface area contributed by atoms with E-state index >= 15 is 0 Å². The second kappa shape index (κ2) is 6.27. The monoisotopic (exact) mass is 320 g/mol. The molecule has 2 nitrogen and oxygen atoms in total.